The first-order chi connectivity index (χ1) is 14.3. The van der Waals surface area contributed by atoms with E-state index in [9.17, 15) is 22.8 Å². The molecule has 30 heavy (non-hydrogen) atoms. The van der Waals surface area contributed by atoms with Gasteiger partial charge in [-0.15, -0.1) is 0 Å². The van der Waals surface area contributed by atoms with E-state index >= 15 is 0 Å². The molecule has 156 valence electrons. The minimum Gasteiger partial charge on any atom is -0.368 e. The maximum Gasteiger partial charge on any atom is 0.416 e. The molecule has 0 saturated carbocycles. The number of nitrogens with zero attached hydrogens (tertiary/aromatic N) is 3. The topological polar surface area (TPSA) is 45.6 Å². The van der Waals surface area contributed by atoms with Crippen molar-refractivity contribution >= 4 is 22.5 Å². The van der Waals surface area contributed by atoms with Crippen LogP contribution in [-0.4, -0.2) is 41.6 Å². The molecule has 2 heterocycles. The van der Waals surface area contributed by atoms with Crippen LogP contribution >= 0.6 is 0 Å². The van der Waals surface area contributed by atoms with Crippen LogP contribution in [0.2, 0.25) is 0 Å². The first-order valence-corrected chi connectivity index (χ1v) is 9.55. The van der Waals surface area contributed by atoms with Gasteiger partial charge in [0.2, 0.25) is 5.43 Å². The summed E-state index contributed by atoms with van der Waals surface area (Å²) in [6, 6.07) is 12.3. The summed E-state index contributed by atoms with van der Waals surface area (Å²) >= 11 is 0. The fourth-order valence-electron chi connectivity index (χ4n) is 3.81. The van der Waals surface area contributed by atoms with Gasteiger partial charge >= 0.3 is 6.18 Å². The third-order valence-electron chi connectivity index (χ3n) is 5.43. The molecule has 2 aromatic carbocycles. The van der Waals surface area contributed by atoms with E-state index in [1.54, 1.807) is 40.9 Å². The number of carbonyl (C=O) groups excluding carboxylic acids is 1. The van der Waals surface area contributed by atoms with E-state index in [0.717, 1.165) is 17.6 Å². The maximum atomic E-state index is 13.0. The molecule has 1 amide bonds. The minimum atomic E-state index is -4.40. The van der Waals surface area contributed by atoms with Gasteiger partial charge in [0.1, 0.15) is 5.56 Å². The molecule has 1 aromatic heterocycles. The highest BCUT2D eigenvalue weighted by Crippen LogP contribution is 2.32. The summed E-state index contributed by atoms with van der Waals surface area (Å²) in [7, 11) is 1.78. The Bertz CT molecular complexity index is 1160. The predicted molar refractivity (Wildman–Crippen MR) is 109 cm³/mol. The van der Waals surface area contributed by atoms with Gasteiger partial charge in [0.25, 0.3) is 5.91 Å². The molecule has 1 saturated heterocycles. The molecule has 0 aliphatic carbocycles. The number of pyridine rings is 1. The average molecular weight is 415 g/mol. The molecule has 5 nitrogen and oxygen atoms in total. The third-order valence-corrected chi connectivity index (χ3v) is 5.43. The van der Waals surface area contributed by atoms with Crippen molar-refractivity contribution in [3.8, 4) is 0 Å². The number of anilines is 1. The van der Waals surface area contributed by atoms with Gasteiger partial charge in [-0.25, -0.2) is 0 Å². The number of rotatable bonds is 2. The number of aryl methyl sites for hydroxylation is 1. The zero-order valence-electron chi connectivity index (χ0n) is 16.3. The molecular weight excluding hydrogens is 395 g/mol. The lowest BCUT2D eigenvalue weighted by Crippen LogP contribution is -2.49. The quantitative estimate of drug-likeness (QED) is 0.644. The Hall–Kier alpha value is -3.29. The second-order valence-corrected chi connectivity index (χ2v) is 7.33. The minimum absolute atomic E-state index is 0.101. The fraction of sp³-hybridized carbons (Fsp3) is 0.273. The van der Waals surface area contributed by atoms with E-state index in [2.05, 4.69) is 0 Å². The predicted octanol–water partition coefficient (Wildman–Crippen LogP) is 3.52. The Kier molecular flexibility index (Phi) is 5.01. The summed E-state index contributed by atoms with van der Waals surface area (Å²) in [4.78, 5) is 29.2. The summed E-state index contributed by atoms with van der Waals surface area (Å²) < 4.78 is 40.7. The molecule has 0 spiro atoms. The highest BCUT2D eigenvalue weighted by Gasteiger charge is 2.31. The summed E-state index contributed by atoms with van der Waals surface area (Å²) in [6.07, 6.45) is -2.85. The monoisotopic (exact) mass is 415 g/mol. The van der Waals surface area contributed by atoms with Crippen LogP contribution in [0.15, 0.2) is 59.5 Å². The molecule has 8 heteroatoms. The van der Waals surface area contributed by atoms with Crippen LogP contribution in [0.1, 0.15) is 15.9 Å². The molecule has 0 unspecified atom stereocenters. The first kappa shape index (κ1) is 20.0. The molecule has 0 atom stereocenters. The Morgan fingerprint density at radius 3 is 2.37 bits per heavy atom. The zero-order chi connectivity index (χ0) is 21.5. The van der Waals surface area contributed by atoms with E-state index in [-0.39, 0.29) is 16.9 Å². The Morgan fingerprint density at radius 2 is 1.67 bits per heavy atom. The van der Waals surface area contributed by atoms with Crippen LogP contribution in [-0.2, 0) is 13.2 Å². The maximum absolute atomic E-state index is 13.0. The van der Waals surface area contributed by atoms with Crippen molar-refractivity contribution in [2.24, 2.45) is 7.05 Å². The van der Waals surface area contributed by atoms with Crippen LogP contribution in [0, 0.1) is 0 Å². The van der Waals surface area contributed by atoms with Crippen molar-refractivity contribution in [1.82, 2.24) is 9.47 Å². The number of benzene rings is 2. The van der Waals surface area contributed by atoms with Crippen LogP contribution < -0.4 is 10.3 Å². The van der Waals surface area contributed by atoms with E-state index in [1.807, 2.05) is 17.0 Å². The number of fused-ring (bicyclic) bond motifs is 1. The van der Waals surface area contributed by atoms with Gasteiger partial charge < -0.3 is 14.4 Å². The van der Waals surface area contributed by atoms with Gasteiger partial charge in [-0.1, -0.05) is 18.2 Å². The summed E-state index contributed by atoms with van der Waals surface area (Å²) in [5, 5.41) is 0.480. The summed E-state index contributed by atoms with van der Waals surface area (Å²) in [6.45, 7) is 1.43. The number of amides is 1. The number of hydrogen-bond donors (Lipinski definition) is 0. The zero-order valence-corrected chi connectivity index (χ0v) is 16.3. The Balaban J connectivity index is 1.53. The van der Waals surface area contributed by atoms with Crippen molar-refractivity contribution in [1.29, 1.82) is 0 Å². The number of alkyl halides is 3. The number of aromatic nitrogens is 1. The molecule has 0 N–H and O–H groups in total. The molecule has 1 fully saturated rings. The third kappa shape index (κ3) is 3.65. The van der Waals surface area contributed by atoms with Crippen LogP contribution in [0.3, 0.4) is 0 Å². The lowest BCUT2D eigenvalue weighted by atomic mass is 10.1. The van der Waals surface area contributed by atoms with Gasteiger partial charge in [0.05, 0.1) is 11.1 Å². The normalized spacial score (nSPS) is 14.9. The van der Waals surface area contributed by atoms with E-state index < -0.39 is 11.7 Å². The van der Waals surface area contributed by atoms with Gasteiger partial charge in [0.15, 0.2) is 0 Å². The number of halogens is 3. The second kappa shape index (κ2) is 7.51. The van der Waals surface area contributed by atoms with Crippen molar-refractivity contribution in [2.45, 2.75) is 6.18 Å². The molecular formula is C22H20F3N3O2. The average Bonchev–Trinajstić information content (AvgIpc) is 2.75. The van der Waals surface area contributed by atoms with Gasteiger partial charge in [-0.3, -0.25) is 9.59 Å². The van der Waals surface area contributed by atoms with Crippen LogP contribution in [0.5, 0.6) is 0 Å². The van der Waals surface area contributed by atoms with Crippen molar-refractivity contribution in [2.75, 3.05) is 31.1 Å². The molecule has 1 aliphatic heterocycles. The van der Waals surface area contributed by atoms with Crippen molar-refractivity contribution < 1.29 is 18.0 Å². The van der Waals surface area contributed by atoms with Crippen molar-refractivity contribution in [3.05, 3.63) is 76.1 Å². The molecule has 1 aliphatic rings. The standard InChI is InChI=1S/C22H20F3N3O2/c1-26-14-18(20(29)17-7-2-3-8-19(17)26)21(30)28-11-9-27(10-12-28)16-6-4-5-15(13-16)22(23,24)25/h2-8,13-14H,9-12H2,1H3. The number of para-hydroxylation sites is 1. The van der Waals surface area contributed by atoms with E-state index in [1.165, 1.54) is 6.07 Å². The summed E-state index contributed by atoms with van der Waals surface area (Å²) in [5.74, 6) is -0.356. The summed E-state index contributed by atoms with van der Waals surface area (Å²) in [5.41, 5.74) is 0.308. The number of hydrogen-bond acceptors (Lipinski definition) is 3. The number of piperazine rings is 1. The molecule has 0 radical (unpaired) electrons. The largest absolute Gasteiger partial charge is 0.416 e. The highest BCUT2D eigenvalue weighted by molar-refractivity contribution is 5.97. The Morgan fingerprint density at radius 1 is 0.967 bits per heavy atom. The van der Waals surface area contributed by atoms with Crippen LogP contribution in [0.25, 0.3) is 10.9 Å². The number of carbonyl (C=O) groups is 1. The lowest BCUT2D eigenvalue weighted by molar-refractivity contribution is -0.137. The van der Waals surface area contributed by atoms with Gasteiger partial charge in [-0.05, 0) is 30.3 Å². The van der Waals surface area contributed by atoms with Crippen LogP contribution in [0.4, 0.5) is 18.9 Å². The van der Waals surface area contributed by atoms with Crippen molar-refractivity contribution in [3.63, 3.8) is 0 Å². The van der Waals surface area contributed by atoms with Gasteiger partial charge in [0, 0.05) is 50.5 Å². The molecule has 3 aromatic rings. The second-order valence-electron chi connectivity index (χ2n) is 7.33. The Labute approximate surface area is 170 Å². The highest BCUT2D eigenvalue weighted by atomic mass is 19.4. The molecule has 0 bridgehead atoms. The van der Waals surface area contributed by atoms with E-state index in [4.69, 9.17) is 0 Å². The first-order valence-electron chi connectivity index (χ1n) is 9.55. The molecule has 4 rings (SSSR count). The lowest BCUT2D eigenvalue weighted by Gasteiger charge is -2.36. The smallest absolute Gasteiger partial charge is 0.368 e. The van der Waals surface area contributed by atoms with E-state index in [0.29, 0.717) is 37.3 Å². The fourth-order valence-corrected chi connectivity index (χ4v) is 3.81. The van der Waals surface area contributed by atoms with Gasteiger partial charge in [-0.2, -0.15) is 13.2 Å². The SMILES string of the molecule is Cn1cc(C(=O)N2CCN(c3cccc(C(F)(F)F)c3)CC2)c(=O)c2ccccc21.